The molecule has 0 saturated carbocycles. The molecule has 0 aliphatic carbocycles. The molecule has 0 fully saturated rings. The first-order valence-corrected chi connectivity index (χ1v) is 10.0. The van der Waals surface area contributed by atoms with Crippen molar-refractivity contribution in [2.45, 2.75) is 46.1 Å². The standard InChI is InChI=1S/C22H27ClN2O2S/c1-6-27-20(26)18-13-17(11-12-19(18)23)25-21(28)24-14(2)15-7-9-16(10-8-15)22(3,4)5/h7-14H,6H2,1-5H3,(H2,24,25,28)/t14-/m1/s1. The van der Waals surface area contributed by atoms with Crippen molar-refractivity contribution in [3.8, 4) is 0 Å². The molecular formula is C22H27ClN2O2S. The predicted molar refractivity (Wildman–Crippen MR) is 120 cm³/mol. The van der Waals surface area contributed by atoms with Crippen LogP contribution < -0.4 is 10.6 Å². The maximum atomic E-state index is 12.0. The summed E-state index contributed by atoms with van der Waals surface area (Å²) in [6, 6.07) is 13.6. The van der Waals surface area contributed by atoms with Gasteiger partial charge in [-0.05, 0) is 60.8 Å². The third-order valence-electron chi connectivity index (χ3n) is 4.34. The molecule has 28 heavy (non-hydrogen) atoms. The van der Waals surface area contributed by atoms with Crippen LogP contribution in [0.25, 0.3) is 0 Å². The van der Waals surface area contributed by atoms with Gasteiger partial charge in [-0.1, -0.05) is 56.6 Å². The van der Waals surface area contributed by atoms with Gasteiger partial charge in [-0.25, -0.2) is 4.79 Å². The van der Waals surface area contributed by atoms with Crippen LogP contribution in [-0.2, 0) is 10.2 Å². The second-order valence-electron chi connectivity index (χ2n) is 7.61. The predicted octanol–water partition coefficient (Wildman–Crippen LogP) is 5.86. The Bertz CT molecular complexity index is 845. The Balaban J connectivity index is 2.03. The highest BCUT2D eigenvalue weighted by Crippen LogP contribution is 2.24. The minimum absolute atomic E-state index is 0.0332. The van der Waals surface area contributed by atoms with Crippen molar-refractivity contribution in [1.82, 2.24) is 5.32 Å². The fourth-order valence-electron chi connectivity index (χ4n) is 2.69. The number of halogens is 1. The van der Waals surface area contributed by atoms with Gasteiger partial charge in [-0.2, -0.15) is 0 Å². The molecule has 2 N–H and O–H groups in total. The van der Waals surface area contributed by atoms with Crippen LogP contribution in [0.4, 0.5) is 5.69 Å². The molecule has 0 aliphatic heterocycles. The molecule has 2 aromatic carbocycles. The number of thiocarbonyl (C=S) groups is 1. The lowest BCUT2D eigenvalue weighted by Crippen LogP contribution is -2.31. The van der Waals surface area contributed by atoms with Crippen LogP contribution in [0.15, 0.2) is 42.5 Å². The van der Waals surface area contributed by atoms with E-state index in [4.69, 9.17) is 28.6 Å². The molecule has 0 saturated heterocycles. The fourth-order valence-corrected chi connectivity index (χ4v) is 3.18. The molecule has 0 spiro atoms. The molecule has 0 heterocycles. The molecule has 150 valence electrons. The SMILES string of the molecule is CCOC(=O)c1cc(NC(=S)N[C@H](C)c2ccc(C(C)(C)C)cc2)ccc1Cl. The minimum Gasteiger partial charge on any atom is -0.462 e. The molecule has 0 radical (unpaired) electrons. The Morgan fingerprint density at radius 3 is 2.39 bits per heavy atom. The van der Waals surface area contributed by atoms with Gasteiger partial charge in [0.2, 0.25) is 0 Å². The van der Waals surface area contributed by atoms with Crippen molar-refractivity contribution in [3.05, 3.63) is 64.2 Å². The number of hydrogen-bond acceptors (Lipinski definition) is 3. The molecule has 0 aliphatic rings. The van der Waals surface area contributed by atoms with Gasteiger partial charge in [0.05, 0.1) is 23.2 Å². The van der Waals surface area contributed by atoms with Crippen LogP contribution >= 0.6 is 23.8 Å². The van der Waals surface area contributed by atoms with E-state index in [2.05, 4.69) is 55.7 Å². The highest BCUT2D eigenvalue weighted by molar-refractivity contribution is 7.80. The highest BCUT2D eigenvalue weighted by Gasteiger charge is 2.15. The zero-order valence-electron chi connectivity index (χ0n) is 16.9. The van der Waals surface area contributed by atoms with Crippen molar-refractivity contribution in [2.24, 2.45) is 0 Å². The van der Waals surface area contributed by atoms with Crippen molar-refractivity contribution < 1.29 is 9.53 Å². The largest absolute Gasteiger partial charge is 0.462 e. The minimum atomic E-state index is -0.456. The third-order valence-corrected chi connectivity index (χ3v) is 4.89. The van der Waals surface area contributed by atoms with Crippen molar-refractivity contribution >= 4 is 40.6 Å². The summed E-state index contributed by atoms with van der Waals surface area (Å²) in [7, 11) is 0. The van der Waals surface area contributed by atoms with E-state index < -0.39 is 5.97 Å². The van der Waals surface area contributed by atoms with Gasteiger partial charge in [-0.3, -0.25) is 0 Å². The summed E-state index contributed by atoms with van der Waals surface area (Å²) < 4.78 is 5.02. The summed E-state index contributed by atoms with van der Waals surface area (Å²) in [4.78, 5) is 12.0. The molecule has 0 amide bonds. The summed E-state index contributed by atoms with van der Waals surface area (Å²) in [6.45, 7) is 10.7. The molecule has 2 aromatic rings. The number of nitrogens with one attached hydrogen (secondary N) is 2. The first-order valence-electron chi connectivity index (χ1n) is 9.26. The van der Waals surface area contributed by atoms with E-state index in [1.54, 1.807) is 25.1 Å². The zero-order chi connectivity index (χ0) is 20.9. The van der Waals surface area contributed by atoms with Crippen molar-refractivity contribution in [3.63, 3.8) is 0 Å². The lowest BCUT2D eigenvalue weighted by atomic mass is 9.86. The summed E-state index contributed by atoms with van der Waals surface area (Å²) in [5.41, 5.74) is 3.52. The highest BCUT2D eigenvalue weighted by atomic mass is 35.5. The first-order chi connectivity index (χ1) is 13.1. The van der Waals surface area contributed by atoms with Gasteiger partial charge in [0.1, 0.15) is 0 Å². The first kappa shape index (κ1) is 22.2. The second kappa shape index (κ2) is 9.39. The van der Waals surface area contributed by atoms with Gasteiger partial charge < -0.3 is 15.4 Å². The van der Waals surface area contributed by atoms with E-state index in [0.717, 1.165) is 5.56 Å². The second-order valence-corrected chi connectivity index (χ2v) is 8.42. The van der Waals surface area contributed by atoms with E-state index in [-0.39, 0.29) is 18.1 Å². The number of ether oxygens (including phenoxy) is 1. The topological polar surface area (TPSA) is 50.4 Å². The van der Waals surface area contributed by atoms with E-state index in [1.807, 2.05) is 6.92 Å². The number of rotatable bonds is 5. The maximum absolute atomic E-state index is 12.0. The average molecular weight is 419 g/mol. The van der Waals surface area contributed by atoms with Crippen LogP contribution in [-0.4, -0.2) is 17.7 Å². The average Bonchev–Trinajstić information content (AvgIpc) is 2.62. The molecule has 6 heteroatoms. The quantitative estimate of drug-likeness (QED) is 0.470. The van der Waals surface area contributed by atoms with Gasteiger partial charge in [0.25, 0.3) is 0 Å². The van der Waals surface area contributed by atoms with Gasteiger partial charge >= 0.3 is 5.97 Å². The number of carbonyl (C=O) groups is 1. The Morgan fingerprint density at radius 2 is 1.82 bits per heavy atom. The smallest absolute Gasteiger partial charge is 0.339 e. The van der Waals surface area contributed by atoms with Crippen LogP contribution in [0.3, 0.4) is 0 Å². The Kier molecular flexibility index (Phi) is 7.44. The fraction of sp³-hybridized carbons (Fsp3) is 0.364. The number of carbonyl (C=O) groups excluding carboxylic acids is 1. The Hall–Kier alpha value is -2.11. The summed E-state index contributed by atoms with van der Waals surface area (Å²) in [6.07, 6.45) is 0. The van der Waals surface area contributed by atoms with Crippen molar-refractivity contribution in [1.29, 1.82) is 0 Å². The van der Waals surface area contributed by atoms with Gasteiger partial charge in [0, 0.05) is 5.69 Å². The van der Waals surface area contributed by atoms with Gasteiger partial charge in [-0.15, -0.1) is 0 Å². The molecule has 0 aromatic heterocycles. The van der Waals surface area contributed by atoms with E-state index in [1.165, 1.54) is 5.56 Å². The Morgan fingerprint density at radius 1 is 1.18 bits per heavy atom. The number of esters is 1. The van der Waals surface area contributed by atoms with Crippen LogP contribution in [0.2, 0.25) is 5.02 Å². The number of hydrogen-bond donors (Lipinski definition) is 2. The van der Waals surface area contributed by atoms with E-state index in [0.29, 0.717) is 21.4 Å². The Labute approximate surface area is 177 Å². The number of anilines is 1. The molecule has 1 atom stereocenters. The lowest BCUT2D eigenvalue weighted by Gasteiger charge is -2.21. The zero-order valence-corrected chi connectivity index (χ0v) is 18.5. The van der Waals surface area contributed by atoms with Crippen molar-refractivity contribution in [2.75, 3.05) is 11.9 Å². The molecular weight excluding hydrogens is 392 g/mol. The van der Waals surface area contributed by atoms with E-state index in [9.17, 15) is 4.79 Å². The molecule has 0 bridgehead atoms. The van der Waals surface area contributed by atoms with Crippen LogP contribution in [0.5, 0.6) is 0 Å². The molecule has 0 unspecified atom stereocenters. The maximum Gasteiger partial charge on any atom is 0.339 e. The van der Waals surface area contributed by atoms with Crippen LogP contribution in [0, 0.1) is 0 Å². The third kappa shape index (κ3) is 5.94. The molecule has 2 rings (SSSR count). The monoisotopic (exact) mass is 418 g/mol. The van der Waals surface area contributed by atoms with Crippen LogP contribution in [0.1, 0.15) is 62.1 Å². The summed E-state index contributed by atoms with van der Waals surface area (Å²) in [5.74, 6) is -0.456. The summed E-state index contributed by atoms with van der Waals surface area (Å²) in [5, 5.41) is 7.16. The summed E-state index contributed by atoms with van der Waals surface area (Å²) >= 11 is 11.5. The normalized spacial score (nSPS) is 12.2. The van der Waals surface area contributed by atoms with E-state index >= 15 is 0 Å². The van der Waals surface area contributed by atoms with Gasteiger partial charge in [0.15, 0.2) is 5.11 Å². The lowest BCUT2D eigenvalue weighted by molar-refractivity contribution is 0.0526. The number of benzene rings is 2. The molecule has 4 nitrogen and oxygen atoms in total.